The lowest BCUT2D eigenvalue weighted by atomic mass is 10.00. The molecule has 1 aliphatic heterocycles. The lowest BCUT2D eigenvalue weighted by Crippen LogP contribution is -2.30. The van der Waals surface area contributed by atoms with E-state index >= 15 is 0 Å². The Balaban J connectivity index is 2.46. The molecule has 1 rings (SSSR count). The van der Waals surface area contributed by atoms with Crippen LogP contribution in [-0.2, 0) is 0 Å². The highest BCUT2D eigenvalue weighted by molar-refractivity contribution is 6.04. The van der Waals surface area contributed by atoms with Crippen LogP contribution in [0.1, 0.15) is 20.3 Å². The van der Waals surface area contributed by atoms with E-state index in [1.165, 1.54) is 0 Å². The summed E-state index contributed by atoms with van der Waals surface area (Å²) < 4.78 is 12.7. The van der Waals surface area contributed by atoms with Crippen molar-refractivity contribution in [1.82, 2.24) is 4.81 Å². The van der Waals surface area contributed by atoms with Crippen LogP contribution >= 0.6 is 0 Å². The molecule has 0 amide bonds. The van der Waals surface area contributed by atoms with Crippen LogP contribution in [0.15, 0.2) is 0 Å². The molecule has 0 aromatic carbocycles. The lowest BCUT2D eigenvalue weighted by Gasteiger charge is -2.22. The van der Waals surface area contributed by atoms with Gasteiger partial charge in [-0.15, -0.1) is 0 Å². The van der Waals surface area contributed by atoms with Gasteiger partial charge in [0, 0.05) is 12.6 Å². The van der Waals surface area contributed by atoms with Crippen molar-refractivity contribution in [3.05, 3.63) is 0 Å². The summed E-state index contributed by atoms with van der Waals surface area (Å²) in [6, 6.07) is 0.468. The third-order valence-corrected chi connectivity index (χ3v) is 2.32. The summed E-state index contributed by atoms with van der Waals surface area (Å²) in [6.07, 6.45) is 0.145. The quantitative estimate of drug-likeness (QED) is 0.486. The smallest absolute Gasteiger partial charge is 0.185 e. The van der Waals surface area contributed by atoms with E-state index in [2.05, 4.69) is 18.7 Å². The Morgan fingerprint density at radius 1 is 1.60 bits per heavy atom. The predicted molar refractivity (Wildman–Crippen MR) is 43.4 cm³/mol. The largest absolute Gasteiger partial charge is 0.343 e. The van der Waals surface area contributed by atoms with E-state index in [9.17, 15) is 4.39 Å². The van der Waals surface area contributed by atoms with Crippen molar-refractivity contribution in [3.63, 3.8) is 0 Å². The van der Waals surface area contributed by atoms with Crippen molar-refractivity contribution in [2.75, 3.05) is 6.54 Å². The zero-order valence-corrected chi connectivity index (χ0v) is 6.97. The molecule has 2 atom stereocenters. The minimum absolute atomic E-state index is 0.468. The monoisotopic (exact) mass is 143 g/mol. The fourth-order valence-electron chi connectivity index (χ4n) is 1.75. The van der Waals surface area contributed by atoms with Gasteiger partial charge in [-0.2, -0.15) is 0 Å². The number of halogens is 1. The summed E-state index contributed by atoms with van der Waals surface area (Å²) in [5.74, 6) is 0.589. The minimum atomic E-state index is -0.586. The van der Waals surface area contributed by atoms with Gasteiger partial charge in [-0.25, -0.2) is 4.39 Å². The standard InChI is InChI=1S/C7H15BFN/c1-5(2)7-3-6(9)4-10(7)8/h5-7H,3-4,8H2,1-2H3. The van der Waals surface area contributed by atoms with Crippen LogP contribution in [-0.4, -0.2) is 31.6 Å². The van der Waals surface area contributed by atoms with Crippen LogP contribution in [0, 0.1) is 5.92 Å². The Labute approximate surface area is 63.0 Å². The van der Waals surface area contributed by atoms with E-state index in [-0.39, 0.29) is 0 Å². The molecule has 1 aliphatic rings. The topological polar surface area (TPSA) is 3.24 Å². The maximum absolute atomic E-state index is 12.7. The summed E-state index contributed by atoms with van der Waals surface area (Å²) >= 11 is 0. The Morgan fingerprint density at radius 2 is 2.20 bits per heavy atom. The minimum Gasteiger partial charge on any atom is -0.343 e. The van der Waals surface area contributed by atoms with E-state index in [4.69, 9.17) is 0 Å². The number of nitrogens with zero attached hydrogens (tertiary/aromatic N) is 1. The first-order valence-corrected chi connectivity index (χ1v) is 3.95. The first-order chi connectivity index (χ1) is 4.61. The fourth-order valence-corrected chi connectivity index (χ4v) is 1.75. The number of hydrogen-bond acceptors (Lipinski definition) is 1. The van der Waals surface area contributed by atoms with E-state index in [0.29, 0.717) is 18.5 Å². The number of alkyl halides is 1. The van der Waals surface area contributed by atoms with Crippen LogP contribution in [0.25, 0.3) is 0 Å². The van der Waals surface area contributed by atoms with Crippen molar-refractivity contribution in [2.24, 2.45) is 5.92 Å². The first-order valence-electron chi connectivity index (χ1n) is 3.95. The van der Waals surface area contributed by atoms with E-state index in [1.54, 1.807) is 0 Å². The number of rotatable bonds is 1. The first kappa shape index (κ1) is 8.06. The van der Waals surface area contributed by atoms with Crippen molar-refractivity contribution in [3.8, 4) is 0 Å². The van der Waals surface area contributed by atoms with Gasteiger partial charge in [0.25, 0.3) is 0 Å². The Kier molecular flexibility index (Phi) is 2.34. The summed E-state index contributed by atoms with van der Waals surface area (Å²) in [4.78, 5) is 2.12. The Hall–Kier alpha value is -0.0451. The summed E-state index contributed by atoms with van der Waals surface area (Å²) in [5.41, 5.74) is 0. The zero-order chi connectivity index (χ0) is 7.72. The van der Waals surface area contributed by atoms with Crippen molar-refractivity contribution < 1.29 is 4.39 Å². The molecule has 1 nitrogen and oxygen atoms in total. The van der Waals surface area contributed by atoms with Crippen LogP contribution in [0.4, 0.5) is 4.39 Å². The van der Waals surface area contributed by atoms with E-state index in [0.717, 1.165) is 6.42 Å². The van der Waals surface area contributed by atoms with Crippen molar-refractivity contribution >= 4 is 7.98 Å². The second-order valence-corrected chi connectivity index (χ2v) is 3.58. The highest BCUT2D eigenvalue weighted by Gasteiger charge is 2.30. The Morgan fingerprint density at radius 3 is 2.40 bits per heavy atom. The van der Waals surface area contributed by atoms with Gasteiger partial charge in [0.15, 0.2) is 7.98 Å². The van der Waals surface area contributed by atoms with Gasteiger partial charge < -0.3 is 4.81 Å². The van der Waals surface area contributed by atoms with E-state index in [1.807, 2.05) is 7.98 Å². The summed E-state index contributed by atoms with van der Waals surface area (Å²) in [7, 11) is 2.00. The summed E-state index contributed by atoms with van der Waals surface area (Å²) in [5, 5.41) is 0. The average Bonchev–Trinajstić information content (AvgIpc) is 2.10. The van der Waals surface area contributed by atoms with Gasteiger partial charge in [-0.05, 0) is 12.3 Å². The summed E-state index contributed by atoms with van der Waals surface area (Å²) in [6.45, 7) is 4.93. The predicted octanol–water partition coefficient (Wildman–Crippen LogP) is 0.603. The highest BCUT2D eigenvalue weighted by Crippen LogP contribution is 2.23. The molecule has 0 bridgehead atoms. The van der Waals surface area contributed by atoms with Gasteiger partial charge in [0.2, 0.25) is 0 Å². The second kappa shape index (κ2) is 2.91. The molecule has 0 aliphatic carbocycles. The van der Waals surface area contributed by atoms with Gasteiger partial charge in [0.1, 0.15) is 6.17 Å². The van der Waals surface area contributed by atoms with Crippen LogP contribution < -0.4 is 0 Å². The second-order valence-electron chi connectivity index (χ2n) is 3.58. The fraction of sp³-hybridized carbons (Fsp3) is 1.00. The highest BCUT2D eigenvalue weighted by atomic mass is 19.1. The normalized spacial score (nSPS) is 35.6. The number of hydrogen-bond donors (Lipinski definition) is 0. The molecule has 0 radical (unpaired) electrons. The Bertz CT molecular complexity index is 118. The molecule has 0 aromatic rings. The van der Waals surface area contributed by atoms with Crippen LogP contribution in [0.3, 0.4) is 0 Å². The lowest BCUT2D eigenvalue weighted by molar-refractivity contribution is 0.330. The van der Waals surface area contributed by atoms with E-state index < -0.39 is 6.17 Å². The maximum Gasteiger partial charge on any atom is 0.185 e. The van der Waals surface area contributed by atoms with Crippen molar-refractivity contribution in [2.45, 2.75) is 32.5 Å². The molecule has 2 unspecified atom stereocenters. The SMILES string of the molecule is BN1CC(F)CC1C(C)C. The molecule has 0 N–H and O–H groups in total. The molecule has 58 valence electrons. The third-order valence-electron chi connectivity index (χ3n) is 2.32. The molecule has 0 aromatic heterocycles. The van der Waals surface area contributed by atoms with Crippen LogP contribution in [0.5, 0.6) is 0 Å². The maximum atomic E-state index is 12.7. The average molecular weight is 143 g/mol. The molecule has 3 heteroatoms. The molecule has 1 saturated heterocycles. The molecular weight excluding hydrogens is 128 g/mol. The molecular formula is C7H15BFN. The van der Waals surface area contributed by atoms with Gasteiger partial charge >= 0.3 is 0 Å². The van der Waals surface area contributed by atoms with Crippen molar-refractivity contribution in [1.29, 1.82) is 0 Å². The third kappa shape index (κ3) is 1.51. The van der Waals surface area contributed by atoms with Crippen LogP contribution in [0.2, 0.25) is 0 Å². The molecule has 1 heterocycles. The van der Waals surface area contributed by atoms with Gasteiger partial charge in [-0.3, -0.25) is 0 Å². The molecule has 0 spiro atoms. The zero-order valence-electron chi connectivity index (χ0n) is 6.97. The van der Waals surface area contributed by atoms with Gasteiger partial charge in [-0.1, -0.05) is 13.8 Å². The molecule has 0 saturated carbocycles. The van der Waals surface area contributed by atoms with Gasteiger partial charge in [0.05, 0.1) is 0 Å². The molecule has 1 fully saturated rings. The molecule has 10 heavy (non-hydrogen) atoms.